The zero-order chi connectivity index (χ0) is 15.7. The van der Waals surface area contributed by atoms with Gasteiger partial charge in [0.1, 0.15) is 0 Å². The van der Waals surface area contributed by atoms with E-state index < -0.39 is 0 Å². The lowest BCUT2D eigenvalue weighted by Gasteiger charge is -2.29. The van der Waals surface area contributed by atoms with Gasteiger partial charge in [-0.05, 0) is 43.9 Å². The third-order valence-electron chi connectivity index (χ3n) is 4.22. The van der Waals surface area contributed by atoms with Crippen molar-refractivity contribution < 1.29 is 4.79 Å². The van der Waals surface area contributed by atoms with E-state index >= 15 is 0 Å². The zero-order valence-corrected chi connectivity index (χ0v) is 13.2. The van der Waals surface area contributed by atoms with Crippen LogP contribution in [0.25, 0.3) is 5.69 Å². The average Bonchev–Trinajstić information content (AvgIpc) is 3.25. The normalized spacial score (nSPS) is 17.0. The van der Waals surface area contributed by atoms with Crippen LogP contribution in [0, 0.1) is 5.92 Å². The van der Waals surface area contributed by atoms with Crippen LogP contribution in [0.1, 0.15) is 30.1 Å². The molecule has 3 rings (SSSR count). The Bertz CT molecular complexity index is 695. The summed E-state index contributed by atoms with van der Waals surface area (Å²) in [7, 11) is 0. The second-order valence-corrected chi connectivity index (χ2v) is 6.44. The van der Waals surface area contributed by atoms with Crippen molar-refractivity contribution in [3.63, 3.8) is 0 Å². The fourth-order valence-corrected chi connectivity index (χ4v) is 2.76. The van der Waals surface area contributed by atoms with Gasteiger partial charge in [0.25, 0.3) is 5.91 Å². The van der Waals surface area contributed by atoms with Gasteiger partial charge < -0.3 is 11.1 Å². The van der Waals surface area contributed by atoms with Gasteiger partial charge in [0.2, 0.25) is 0 Å². The molecule has 1 amide bonds. The third kappa shape index (κ3) is 3.00. The van der Waals surface area contributed by atoms with E-state index in [0.29, 0.717) is 23.0 Å². The summed E-state index contributed by atoms with van der Waals surface area (Å²) in [6, 6.07) is 7.32. The number of hydrogen-bond donors (Lipinski definition) is 2. The molecule has 1 aliphatic rings. The molecule has 1 aromatic heterocycles. The smallest absolute Gasteiger partial charge is 0.254 e. The Kier molecular flexibility index (Phi) is 3.93. The molecule has 1 heterocycles. The monoisotopic (exact) mass is 318 g/mol. The third-order valence-corrected chi connectivity index (χ3v) is 4.45. The number of nitrogens with zero attached hydrogens (tertiary/aromatic N) is 2. The van der Waals surface area contributed by atoms with Crippen LogP contribution in [-0.4, -0.2) is 27.8 Å². The van der Waals surface area contributed by atoms with Crippen LogP contribution >= 0.6 is 11.6 Å². The summed E-state index contributed by atoms with van der Waals surface area (Å²) in [5.41, 5.74) is 6.83. The van der Waals surface area contributed by atoms with Gasteiger partial charge >= 0.3 is 0 Å². The molecule has 116 valence electrons. The zero-order valence-electron chi connectivity index (χ0n) is 12.4. The van der Waals surface area contributed by atoms with Gasteiger partial charge in [0.05, 0.1) is 23.0 Å². The highest BCUT2D eigenvalue weighted by atomic mass is 35.5. The Labute approximate surface area is 134 Å². The molecule has 1 aliphatic carbocycles. The van der Waals surface area contributed by atoms with E-state index in [-0.39, 0.29) is 11.4 Å². The van der Waals surface area contributed by atoms with Crippen molar-refractivity contribution in [3.8, 4) is 5.69 Å². The molecule has 1 atom stereocenters. The maximum absolute atomic E-state index is 12.4. The Morgan fingerprint density at radius 2 is 2.32 bits per heavy atom. The Morgan fingerprint density at radius 1 is 1.55 bits per heavy atom. The van der Waals surface area contributed by atoms with Crippen molar-refractivity contribution in [2.75, 3.05) is 6.54 Å². The van der Waals surface area contributed by atoms with E-state index in [4.69, 9.17) is 17.3 Å². The number of amides is 1. The molecule has 22 heavy (non-hydrogen) atoms. The molecule has 0 bridgehead atoms. The van der Waals surface area contributed by atoms with Gasteiger partial charge in [-0.15, -0.1) is 0 Å². The number of carbonyl (C=O) groups is 1. The van der Waals surface area contributed by atoms with Crippen molar-refractivity contribution >= 4 is 17.5 Å². The summed E-state index contributed by atoms with van der Waals surface area (Å²) in [6.07, 6.45) is 5.50. The lowest BCUT2D eigenvalue weighted by atomic mass is 9.95. The van der Waals surface area contributed by atoms with Crippen LogP contribution in [0.3, 0.4) is 0 Å². The topological polar surface area (TPSA) is 72.9 Å². The molecule has 1 unspecified atom stereocenters. The number of aromatic nitrogens is 2. The molecule has 1 aromatic carbocycles. The van der Waals surface area contributed by atoms with E-state index in [1.807, 2.05) is 19.1 Å². The number of nitrogens with one attached hydrogen (secondary N) is 1. The first-order valence-electron chi connectivity index (χ1n) is 7.35. The van der Waals surface area contributed by atoms with E-state index in [2.05, 4.69) is 10.4 Å². The summed E-state index contributed by atoms with van der Waals surface area (Å²) in [5, 5.41) is 7.91. The first-order valence-corrected chi connectivity index (χ1v) is 7.73. The van der Waals surface area contributed by atoms with Crippen LogP contribution in [-0.2, 0) is 0 Å². The number of hydrogen-bond acceptors (Lipinski definition) is 3. The molecule has 1 fully saturated rings. The standard InChI is InChI=1S/C16H19ClN4O/c1-16(10-18,12-5-6-12)20-15(22)11-8-19-21(9-11)14-4-2-3-13(17)7-14/h2-4,7-9,12H,5-6,10,18H2,1H3,(H,20,22). The molecule has 5 nitrogen and oxygen atoms in total. The maximum Gasteiger partial charge on any atom is 0.254 e. The van der Waals surface area contributed by atoms with Crippen molar-refractivity contribution in [1.29, 1.82) is 0 Å². The summed E-state index contributed by atoms with van der Waals surface area (Å²) < 4.78 is 1.64. The first kappa shape index (κ1) is 15.1. The van der Waals surface area contributed by atoms with Crippen molar-refractivity contribution in [2.45, 2.75) is 25.3 Å². The molecular weight excluding hydrogens is 300 g/mol. The number of halogens is 1. The van der Waals surface area contributed by atoms with E-state index in [1.54, 1.807) is 29.2 Å². The molecular formula is C16H19ClN4O. The van der Waals surface area contributed by atoms with E-state index in [1.165, 1.54) is 0 Å². The molecule has 0 spiro atoms. The van der Waals surface area contributed by atoms with Crippen LogP contribution < -0.4 is 11.1 Å². The minimum absolute atomic E-state index is 0.145. The first-order chi connectivity index (χ1) is 10.5. The Hall–Kier alpha value is -1.85. The maximum atomic E-state index is 12.4. The van der Waals surface area contributed by atoms with Crippen molar-refractivity contribution in [1.82, 2.24) is 15.1 Å². The molecule has 2 aromatic rings. The lowest BCUT2D eigenvalue weighted by molar-refractivity contribution is 0.0898. The van der Waals surface area contributed by atoms with Gasteiger partial charge in [0.15, 0.2) is 0 Å². The summed E-state index contributed by atoms with van der Waals surface area (Å²) in [4.78, 5) is 12.4. The molecule has 1 saturated carbocycles. The molecule has 6 heteroatoms. The molecule has 0 saturated heterocycles. The average molecular weight is 319 g/mol. The Balaban J connectivity index is 1.77. The van der Waals surface area contributed by atoms with Crippen molar-refractivity contribution in [3.05, 3.63) is 47.2 Å². The predicted octanol–water partition coefficient (Wildman–Crippen LogP) is 2.38. The summed E-state index contributed by atoms with van der Waals surface area (Å²) in [6.45, 7) is 2.44. The highest BCUT2D eigenvalue weighted by Crippen LogP contribution is 2.39. The number of carbonyl (C=O) groups excluding carboxylic acids is 1. The van der Waals surface area contributed by atoms with Crippen molar-refractivity contribution in [2.24, 2.45) is 11.7 Å². The second-order valence-electron chi connectivity index (χ2n) is 6.00. The van der Waals surface area contributed by atoms with Gasteiger partial charge in [-0.3, -0.25) is 4.79 Å². The van der Waals surface area contributed by atoms with Crippen LogP contribution in [0.4, 0.5) is 0 Å². The molecule has 3 N–H and O–H groups in total. The SMILES string of the molecule is CC(CN)(NC(=O)c1cnn(-c2cccc(Cl)c2)c1)C1CC1. The predicted molar refractivity (Wildman–Crippen MR) is 86.2 cm³/mol. The summed E-state index contributed by atoms with van der Waals surface area (Å²) >= 11 is 5.98. The molecule has 0 radical (unpaired) electrons. The van der Waals surface area contributed by atoms with Gasteiger partial charge in [-0.25, -0.2) is 4.68 Å². The van der Waals surface area contributed by atoms with E-state index in [0.717, 1.165) is 18.5 Å². The van der Waals surface area contributed by atoms with Gasteiger partial charge in [-0.2, -0.15) is 5.10 Å². The summed E-state index contributed by atoms with van der Waals surface area (Å²) in [5.74, 6) is 0.331. The van der Waals surface area contributed by atoms with Crippen LogP contribution in [0.5, 0.6) is 0 Å². The minimum atomic E-state index is -0.338. The van der Waals surface area contributed by atoms with E-state index in [9.17, 15) is 4.79 Å². The fraction of sp³-hybridized carbons (Fsp3) is 0.375. The largest absolute Gasteiger partial charge is 0.345 e. The number of benzene rings is 1. The number of nitrogens with two attached hydrogens (primary N) is 1. The van der Waals surface area contributed by atoms with Gasteiger partial charge in [0, 0.05) is 17.8 Å². The minimum Gasteiger partial charge on any atom is -0.345 e. The van der Waals surface area contributed by atoms with Gasteiger partial charge in [-0.1, -0.05) is 17.7 Å². The quantitative estimate of drug-likeness (QED) is 0.889. The fourth-order valence-electron chi connectivity index (χ4n) is 2.57. The lowest BCUT2D eigenvalue weighted by Crippen LogP contribution is -2.53. The highest BCUT2D eigenvalue weighted by molar-refractivity contribution is 6.30. The van der Waals surface area contributed by atoms with Crippen LogP contribution in [0.2, 0.25) is 5.02 Å². The number of rotatable bonds is 5. The second kappa shape index (κ2) is 5.74. The van der Waals surface area contributed by atoms with Crippen LogP contribution in [0.15, 0.2) is 36.7 Å². The highest BCUT2D eigenvalue weighted by Gasteiger charge is 2.41. The Morgan fingerprint density at radius 3 is 2.95 bits per heavy atom. The molecule has 0 aliphatic heterocycles.